The van der Waals surface area contributed by atoms with Crippen LogP contribution in [0.4, 0.5) is 10.1 Å². The normalized spacial score (nSPS) is 11.8. The highest BCUT2D eigenvalue weighted by atomic mass is 32.2. The van der Waals surface area contributed by atoms with Crippen LogP contribution in [0.25, 0.3) is 22.3 Å². The van der Waals surface area contributed by atoms with Gasteiger partial charge in [-0.3, -0.25) is 9.78 Å². The highest BCUT2D eigenvalue weighted by Gasteiger charge is 2.15. The van der Waals surface area contributed by atoms with Crippen LogP contribution in [-0.4, -0.2) is 34.7 Å². The van der Waals surface area contributed by atoms with Crippen LogP contribution in [0.2, 0.25) is 0 Å². The average Bonchev–Trinajstić information content (AvgIpc) is 3.24. The molecule has 2 aromatic carbocycles. The molecule has 144 valence electrons. The first-order valence-corrected chi connectivity index (χ1v) is 10.4. The smallest absolute Gasteiger partial charge is 0.175 e. The van der Waals surface area contributed by atoms with E-state index in [0.717, 1.165) is 40.3 Å². The zero-order valence-corrected chi connectivity index (χ0v) is 16.1. The lowest BCUT2D eigenvalue weighted by atomic mass is 10.1. The summed E-state index contributed by atoms with van der Waals surface area (Å²) in [5.41, 5.74) is 3.46. The summed E-state index contributed by atoms with van der Waals surface area (Å²) in [7, 11) is -1.62. The van der Waals surface area contributed by atoms with Crippen LogP contribution >= 0.6 is 0 Å². The topological polar surface area (TPSA) is 92.7 Å². The second-order valence-electron chi connectivity index (χ2n) is 6.58. The Morgan fingerprint density at radius 2 is 2.00 bits per heavy atom. The lowest BCUT2D eigenvalue weighted by Crippen LogP contribution is -2.07. The van der Waals surface area contributed by atoms with Gasteiger partial charge in [0.2, 0.25) is 0 Å². The van der Waals surface area contributed by atoms with E-state index in [1.165, 1.54) is 12.1 Å². The summed E-state index contributed by atoms with van der Waals surface area (Å²) < 4.78 is 39.2. The van der Waals surface area contributed by atoms with Crippen molar-refractivity contribution < 1.29 is 12.8 Å². The largest absolute Gasteiger partial charge is 0.381 e. The molecule has 0 unspecified atom stereocenters. The molecule has 2 aromatic heterocycles. The standard InChI is InChI=1S/C19H18FN5O2S/c1-25-8-7-17(24-25)19-15-10-14(4-5-16(15)22-23-19)21-11-12-9-13(20)3-6-18(12)28(2,26)27/h3-10,21H,11H2,1-2H3,(H,22,23). The number of H-pyrrole nitrogens is 1. The van der Waals surface area contributed by atoms with Crippen molar-refractivity contribution >= 4 is 26.4 Å². The molecule has 0 fully saturated rings. The number of benzene rings is 2. The van der Waals surface area contributed by atoms with Crippen molar-refractivity contribution in [3.8, 4) is 11.4 Å². The molecule has 0 aliphatic rings. The Kier molecular flexibility index (Phi) is 4.38. The first-order chi connectivity index (χ1) is 13.3. The molecule has 4 aromatic rings. The van der Waals surface area contributed by atoms with Gasteiger partial charge in [-0.1, -0.05) is 0 Å². The molecule has 2 heterocycles. The van der Waals surface area contributed by atoms with Gasteiger partial charge in [-0.25, -0.2) is 12.8 Å². The first-order valence-electron chi connectivity index (χ1n) is 8.52. The summed E-state index contributed by atoms with van der Waals surface area (Å²) in [5.74, 6) is -0.480. The Morgan fingerprint density at radius 3 is 2.71 bits per heavy atom. The number of nitrogens with zero attached hydrogens (tertiary/aromatic N) is 3. The van der Waals surface area contributed by atoms with Crippen molar-refractivity contribution in [2.75, 3.05) is 11.6 Å². The van der Waals surface area contributed by atoms with E-state index in [1.54, 1.807) is 4.68 Å². The molecule has 7 nitrogen and oxygen atoms in total. The fourth-order valence-electron chi connectivity index (χ4n) is 3.11. The Hall–Kier alpha value is -3.20. The third kappa shape index (κ3) is 3.48. The molecule has 0 saturated heterocycles. The SMILES string of the molecule is Cn1ccc(-c2n[nH]c3ccc(NCc4cc(F)ccc4S(C)(=O)=O)cc23)n1. The quantitative estimate of drug-likeness (QED) is 0.503. The molecule has 0 aliphatic carbocycles. The number of sulfone groups is 1. The van der Waals surface area contributed by atoms with E-state index in [2.05, 4.69) is 20.6 Å². The molecule has 0 amide bonds. The van der Waals surface area contributed by atoms with Gasteiger partial charge in [-0.05, 0) is 48.0 Å². The van der Waals surface area contributed by atoms with Crippen molar-refractivity contribution in [3.05, 3.63) is 60.0 Å². The van der Waals surface area contributed by atoms with Gasteiger partial charge < -0.3 is 5.32 Å². The summed E-state index contributed by atoms with van der Waals surface area (Å²) in [5, 5.41) is 15.7. The van der Waals surface area contributed by atoms with E-state index >= 15 is 0 Å². The highest BCUT2D eigenvalue weighted by Crippen LogP contribution is 2.28. The van der Waals surface area contributed by atoms with Gasteiger partial charge in [0.25, 0.3) is 0 Å². The van der Waals surface area contributed by atoms with E-state index in [1.807, 2.05) is 37.5 Å². The molecule has 0 bridgehead atoms. The number of hydrogen-bond acceptors (Lipinski definition) is 5. The van der Waals surface area contributed by atoms with Gasteiger partial charge in [-0.2, -0.15) is 10.2 Å². The minimum atomic E-state index is -3.45. The molecular formula is C19H18FN5O2S. The molecule has 0 saturated carbocycles. The minimum absolute atomic E-state index is 0.111. The molecule has 0 spiro atoms. The van der Waals surface area contributed by atoms with E-state index in [4.69, 9.17) is 0 Å². The van der Waals surface area contributed by atoms with Gasteiger partial charge in [0.1, 0.15) is 17.2 Å². The number of nitrogens with one attached hydrogen (secondary N) is 2. The fourth-order valence-corrected chi connectivity index (χ4v) is 4.03. The van der Waals surface area contributed by atoms with Crippen LogP contribution in [0.1, 0.15) is 5.56 Å². The van der Waals surface area contributed by atoms with Crippen molar-refractivity contribution in [1.82, 2.24) is 20.0 Å². The maximum atomic E-state index is 13.6. The van der Waals surface area contributed by atoms with Crippen molar-refractivity contribution in [2.24, 2.45) is 7.05 Å². The van der Waals surface area contributed by atoms with Gasteiger partial charge in [0, 0.05) is 37.1 Å². The number of hydrogen-bond donors (Lipinski definition) is 2. The summed E-state index contributed by atoms with van der Waals surface area (Å²) in [6.07, 6.45) is 2.95. The number of aromatic nitrogens is 4. The Bertz CT molecular complexity index is 1280. The first kappa shape index (κ1) is 18.2. The van der Waals surface area contributed by atoms with Gasteiger partial charge in [-0.15, -0.1) is 0 Å². The lowest BCUT2D eigenvalue weighted by molar-refractivity contribution is 0.598. The monoisotopic (exact) mass is 399 g/mol. The summed E-state index contributed by atoms with van der Waals surface area (Å²) >= 11 is 0. The number of halogens is 1. The number of rotatable bonds is 5. The number of fused-ring (bicyclic) bond motifs is 1. The third-order valence-corrected chi connectivity index (χ3v) is 5.62. The Morgan fingerprint density at radius 1 is 1.18 bits per heavy atom. The van der Waals surface area contributed by atoms with E-state index in [9.17, 15) is 12.8 Å². The Labute approximate surface area is 161 Å². The van der Waals surface area contributed by atoms with E-state index in [-0.39, 0.29) is 11.4 Å². The van der Waals surface area contributed by atoms with E-state index in [0.29, 0.717) is 5.56 Å². The summed E-state index contributed by atoms with van der Waals surface area (Å²) in [6.45, 7) is 0.169. The Balaban J connectivity index is 1.66. The maximum Gasteiger partial charge on any atom is 0.175 e. The van der Waals surface area contributed by atoms with Gasteiger partial charge in [0.05, 0.1) is 10.4 Å². The molecule has 0 radical (unpaired) electrons. The maximum absolute atomic E-state index is 13.6. The van der Waals surface area contributed by atoms with Crippen LogP contribution in [0.3, 0.4) is 0 Å². The molecule has 9 heteroatoms. The fraction of sp³-hybridized carbons (Fsp3) is 0.158. The molecule has 28 heavy (non-hydrogen) atoms. The summed E-state index contributed by atoms with van der Waals surface area (Å²) in [4.78, 5) is 0.111. The van der Waals surface area contributed by atoms with Crippen LogP contribution in [-0.2, 0) is 23.4 Å². The predicted octanol–water partition coefficient (Wildman–Crippen LogP) is 3.12. The zero-order chi connectivity index (χ0) is 19.9. The molecule has 4 rings (SSSR count). The molecule has 0 atom stereocenters. The lowest BCUT2D eigenvalue weighted by Gasteiger charge is -2.11. The predicted molar refractivity (Wildman–Crippen MR) is 105 cm³/mol. The van der Waals surface area contributed by atoms with Gasteiger partial charge in [0.15, 0.2) is 9.84 Å². The molecule has 0 aliphatic heterocycles. The molecular weight excluding hydrogens is 381 g/mol. The van der Waals surface area contributed by atoms with Crippen LogP contribution in [0.15, 0.2) is 53.6 Å². The third-order valence-electron chi connectivity index (χ3n) is 4.42. The zero-order valence-electron chi connectivity index (χ0n) is 15.3. The van der Waals surface area contributed by atoms with Crippen LogP contribution in [0.5, 0.6) is 0 Å². The van der Waals surface area contributed by atoms with E-state index < -0.39 is 15.7 Å². The molecule has 2 N–H and O–H groups in total. The number of aromatic amines is 1. The minimum Gasteiger partial charge on any atom is -0.381 e. The van der Waals surface area contributed by atoms with Crippen molar-refractivity contribution in [3.63, 3.8) is 0 Å². The van der Waals surface area contributed by atoms with Crippen molar-refractivity contribution in [2.45, 2.75) is 11.4 Å². The highest BCUT2D eigenvalue weighted by molar-refractivity contribution is 7.90. The average molecular weight is 399 g/mol. The van der Waals surface area contributed by atoms with Crippen LogP contribution in [0, 0.1) is 5.82 Å². The van der Waals surface area contributed by atoms with Crippen molar-refractivity contribution in [1.29, 1.82) is 0 Å². The number of aryl methyl sites for hydroxylation is 1. The number of anilines is 1. The van der Waals surface area contributed by atoms with Crippen LogP contribution < -0.4 is 5.32 Å². The van der Waals surface area contributed by atoms with Gasteiger partial charge >= 0.3 is 0 Å². The summed E-state index contributed by atoms with van der Waals surface area (Å²) in [6, 6.07) is 11.2. The second-order valence-corrected chi connectivity index (χ2v) is 8.57. The second kappa shape index (κ2) is 6.75.